The van der Waals surface area contributed by atoms with Crippen molar-refractivity contribution in [3.05, 3.63) is 64.4 Å². The monoisotopic (exact) mass is 412 g/mol. The Bertz CT molecular complexity index is 930. The van der Waals surface area contributed by atoms with Crippen molar-refractivity contribution < 1.29 is 17.6 Å². The molecule has 0 aliphatic heterocycles. The maximum atomic E-state index is 13.3. The minimum Gasteiger partial charge on any atom is -0.346 e. The SMILES string of the molecule is CCN(CC)S(=O)(=O)c1cccc(C(=O)NC(C)c2ccc(F)c(Cl)c2)c1. The van der Waals surface area contributed by atoms with Gasteiger partial charge in [0.15, 0.2) is 0 Å². The molecule has 0 heterocycles. The van der Waals surface area contributed by atoms with Gasteiger partial charge in [0.05, 0.1) is 16.0 Å². The summed E-state index contributed by atoms with van der Waals surface area (Å²) in [6.45, 7) is 5.94. The van der Waals surface area contributed by atoms with Gasteiger partial charge >= 0.3 is 0 Å². The van der Waals surface area contributed by atoms with Crippen molar-refractivity contribution in [1.82, 2.24) is 9.62 Å². The van der Waals surface area contributed by atoms with E-state index in [4.69, 9.17) is 11.6 Å². The standard InChI is InChI=1S/C19H22ClFN2O3S/c1-4-23(5-2)27(25,26)16-8-6-7-15(11-16)19(24)22-13(3)14-9-10-18(21)17(20)12-14/h6-13H,4-5H2,1-3H3,(H,22,24). The highest BCUT2D eigenvalue weighted by Crippen LogP contribution is 2.22. The number of rotatable bonds is 7. The fourth-order valence-corrected chi connectivity index (χ4v) is 4.35. The van der Waals surface area contributed by atoms with Crippen molar-refractivity contribution in [3.8, 4) is 0 Å². The van der Waals surface area contributed by atoms with Crippen molar-refractivity contribution >= 4 is 27.5 Å². The Hall–Kier alpha value is -1.96. The molecular weight excluding hydrogens is 391 g/mol. The molecule has 1 N–H and O–H groups in total. The quantitative estimate of drug-likeness (QED) is 0.747. The Kier molecular flexibility index (Phi) is 6.97. The van der Waals surface area contributed by atoms with E-state index in [1.807, 2.05) is 0 Å². The first-order valence-electron chi connectivity index (χ1n) is 8.56. The molecule has 0 aliphatic rings. The third-order valence-corrected chi connectivity index (χ3v) is 6.57. The van der Waals surface area contributed by atoms with Crippen LogP contribution in [0.15, 0.2) is 47.4 Å². The molecule has 0 aliphatic carbocycles. The van der Waals surface area contributed by atoms with Gasteiger partial charge in [0.25, 0.3) is 5.91 Å². The zero-order valence-electron chi connectivity index (χ0n) is 15.4. The summed E-state index contributed by atoms with van der Waals surface area (Å²) in [4.78, 5) is 12.6. The second-order valence-electron chi connectivity index (χ2n) is 5.99. The van der Waals surface area contributed by atoms with Crippen molar-refractivity contribution in [3.63, 3.8) is 0 Å². The Morgan fingerprint density at radius 2 is 1.85 bits per heavy atom. The molecule has 0 spiro atoms. The predicted octanol–water partition coefficient (Wildman–Crippen LogP) is 4.00. The molecule has 2 aromatic carbocycles. The summed E-state index contributed by atoms with van der Waals surface area (Å²) < 4.78 is 39.9. The van der Waals surface area contributed by atoms with E-state index in [2.05, 4.69) is 5.32 Å². The zero-order chi connectivity index (χ0) is 20.2. The first-order chi connectivity index (χ1) is 12.7. The van der Waals surface area contributed by atoms with Crippen LogP contribution in [0, 0.1) is 5.82 Å². The molecule has 1 unspecified atom stereocenters. The second kappa shape index (κ2) is 8.82. The lowest BCUT2D eigenvalue weighted by atomic mass is 10.1. The van der Waals surface area contributed by atoms with Crippen LogP contribution >= 0.6 is 11.6 Å². The highest BCUT2D eigenvalue weighted by molar-refractivity contribution is 7.89. The molecule has 0 radical (unpaired) electrons. The lowest BCUT2D eigenvalue weighted by molar-refractivity contribution is 0.0939. The molecule has 2 aromatic rings. The fourth-order valence-electron chi connectivity index (χ4n) is 2.66. The number of sulfonamides is 1. The topological polar surface area (TPSA) is 66.5 Å². The maximum Gasteiger partial charge on any atom is 0.251 e. The molecule has 27 heavy (non-hydrogen) atoms. The lowest BCUT2D eigenvalue weighted by Gasteiger charge is -2.19. The predicted molar refractivity (Wildman–Crippen MR) is 104 cm³/mol. The number of nitrogens with zero attached hydrogens (tertiary/aromatic N) is 1. The third kappa shape index (κ3) is 4.86. The summed E-state index contributed by atoms with van der Waals surface area (Å²) in [7, 11) is -3.65. The Balaban J connectivity index is 2.23. The van der Waals surface area contributed by atoms with Crippen LogP contribution in [0.3, 0.4) is 0 Å². The molecule has 5 nitrogen and oxygen atoms in total. The van der Waals surface area contributed by atoms with Gasteiger partial charge in [-0.15, -0.1) is 0 Å². The molecule has 2 rings (SSSR count). The van der Waals surface area contributed by atoms with E-state index in [-0.39, 0.29) is 15.5 Å². The largest absolute Gasteiger partial charge is 0.346 e. The van der Waals surface area contributed by atoms with Crippen LogP contribution in [-0.2, 0) is 10.0 Å². The summed E-state index contributed by atoms with van der Waals surface area (Å²) in [5.41, 5.74) is 0.866. The van der Waals surface area contributed by atoms with E-state index >= 15 is 0 Å². The van der Waals surface area contributed by atoms with Gasteiger partial charge < -0.3 is 5.32 Å². The van der Waals surface area contributed by atoms with Crippen molar-refractivity contribution in [2.24, 2.45) is 0 Å². The molecule has 1 amide bonds. The van der Waals surface area contributed by atoms with Crippen LogP contribution in [0.1, 0.15) is 42.7 Å². The van der Waals surface area contributed by atoms with Gasteiger partial charge in [-0.1, -0.05) is 37.6 Å². The molecule has 0 fully saturated rings. The van der Waals surface area contributed by atoms with Gasteiger partial charge in [0, 0.05) is 18.7 Å². The zero-order valence-corrected chi connectivity index (χ0v) is 16.9. The van der Waals surface area contributed by atoms with E-state index in [0.29, 0.717) is 18.7 Å². The Labute approximate surface area is 164 Å². The molecule has 1 atom stereocenters. The van der Waals surface area contributed by atoms with E-state index in [1.54, 1.807) is 26.8 Å². The molecular formula is C19H22ClFN2O3S. The van der Waals surface area contributed by atoms with Gasteiger partial charge in [-0.2, -0.15) is 4.31 Å². The first kappa shape index (κ1) is 21.3. The van der Waals surface area contributed by atoms with Crippen LogP contribution in [0.4, 0.5) is 4.39 Å². The summed E-state index contributed by atoms with van der Waals surface area (Å²) in [5, 5.41) is 2.74. The van der Waals surface area contributed by atoms with Crippen LogP contribution in [0.5, 0.6) is 0 Å². The number of carbonyl (C=O) groups is 1. The van der Waals surface area contributed by atoms with E-state index in [1.165, 1.54) is 40.7 Å². The van der Waals surface area contributed by atoms with Gasteiger partial charge in [0.2, 0.25) is 10.0 Å². The highest BCUT2D eigenvalue weighted by atomic mass is 35.5. The van der Waals surface area contributed by atoms with Crippen LogP contribution in [0.25, 0.3) is 0 Å². The highest BCUT2D eigenvalue weighted by Gasteiger charge is 2.23. The first-order valence-corrected chi connectivity index (χ1v) is 10.4. The van der Waals surface area contributed by atoms with Crippen molar-refractivity contribution in [2.45, 2.75) is 31.7 Å². The summed E-state index contributed by atoms with van der Waals surface area (Å²) in [5.74, 6) is -0.965. The molecule has 146 valence electrons. The summed E-state index contributed by atoms with van der Waals surface area (Å²) >= 11 is 5.78. The average Bonchev–Trinajstić information content (AvgIpc) is 2.64. The van der Waals surface area contributed by atoms with Crippen LogP contribution < -0.4 is 5.32 Å². The maximum absolute atomic E-state index is 13.3. The number of hydrogen-bond acceptors (Lipinski definition) is 3. The molecule has 0 aromatic heterocycles. The van der Waals surface area contributed by atoms with Gasteiger partial charge in [-0.3, -0.25) is 4.79 Å². The minimum atomic E-state index is -3.65. The number of halogens is 2. The lowest BCUT2D eigenvalue weighted by Crippen LogP contribution is -2.31. The Morgan fingerprint density at radius 3 is 2.44 bits per heavy atom. The van der Waals surface area contributed by atoms with Gasteiger partial charge in [-0.25, -0.2) is 12.8 Å². The number of hydrogen-bond donors (Lipinski definition) is 1. The number of amides is 1. The van der Waals surface area contributed by atoms with Gasteiger partial charge in [0.1, 0.15) is 5.82 Å². The smallest absolute Gasteiger partial charge is 0.251 e. The number of nitrogens with one attached hydrogen (secondary N) is 1. The van der Waals surface area contributed by atoms with Crippen molar-refractivity contribution in [1.29, 1.82) is 0 Å². The normalized spacial score (nSPS) is 12.8. The van der Waals surface area contributed by atoms with Crippen LogP contribution in [0.2, 0.25) is 5.02 Å². The van der Waals surface area contributed by atoms with Crippen LogP contribution in [-0.4, -0.2) is 31.7 Å². The van der Waals surface area contributed by atoms with Crippen molar-refractivity contribution in [2.75, 3.05) is 13.1 Å². The number of carbonyl (C=O) groups excluding carboxylic acids is 1. The molecule has 0 saturated carbocycles. The fraction of sp³-hybridized carbons (Fsp3) is 0.316. The molecule has 0 bridgehead atoms. The minimum absolute atomic E-state index is 0.0269. The average molecular weight is 413 g/mol. The number of benzene rings is 2. The second-order valence-corrected chi connectivity index (χ2v) is 8.33. The molecule has 0 saturated heterocycles. The van der Waals surface area contributed by atoms with E-state index in [9.17, 15) is 17.6 Å². The Morgan fingerprint density at radius 1 is 1.19 bits per heavy atom. The molecule has 8 heteroatoms. The van der Waals surface area contributed by atoms with E-state index in [0.717, 1.165) is 0 Å². The summed E-state index contributed by atoms with van der Waals surface area (Å²) in [6, 6.07) is 9.68. The van der Waals surface area contributed by atoms with Gasteiger partial charge in [-0.05, 0) is 42.8 Å². The third-order valence-electron chi connectivity index (χ3n) is 4.23. The summed E-state index contributed by atoms with van der Waals surface area (Å²) in [6.07, 6.45) is 0. The van der Waals surface area contributed by atoms with E-state index < -0.39 is 27.8 Å².